The van der Waals surface area contributed by atoms with Gasteiger partial charge in [0.15, 0.2) is 0 Å². The van der Waals surface area contributed by atoms with Crippen molar-refractivity contribution in [2.45, 2.75) is 44.5 Å². The Hall–Kier alpha value is -4.12. The third-order valence-corrected chi connectivity index (χ3v) is 10.1. The second kappa shape index (κ2) is 18.4. The fraction of sp³-hybridized carbons (Fsp3) is 0.158. The molecule has 4 aromatic carbocycles. The van der Waals surface area contributed by atoms with Crippen LogP contribution in [0.1, 0.15) is 34.3 Å². The molecule has 6 nitrogen and oxygen atoms in total. The van der Waals surface area contributed by atoms with Crippen LogP contribution in [0.3, 0.4) is 0 Å². The highest BCUT2D eigenvalue weighted by atomic mass is 35.5. The predicted molar refractivity (Wildman–Crippen MR) is 195 cm³/mol. The standard InChI is InChI=1S/2C17H14ClNS.C4H4O4/c2*1-2-9-19-15-10-12-5-3-4-6-16(12)20-17-8-7-13(18)11-14(15)17;5-3(6)1-2-4(7)8/h2*1,3-8,11,15,19H,9-10H2;1-2H,(H,5,6)(H,7,8)/b;;2-1+. The maximum Gasteiger partial charge on any atom is 0.328 e. The van der Waals surface area contributed by atoms with Gasteiger partial charge in [0.1, 0.15) is 0 Å². The number of carbonyl (C=O) groups is 2. The molecular formula is C38H32Cl2N2O4S2. The molecule has 2 aliphatic rings. The van der Waals surface area contributed by atoms with Crippen molar-refractivity contribution in [3.63, 3.8) is 0 Å². The number of benzene rings is 4. The highest BCUT2D eigenvalue weighted by Crippen LogP contribution is 2.42. The molecule has 0 fully saturated rings. The van der Waals surface area contributed by atoms with E-state index < -0.39 is 11.9 Å². The second-order valence-electron chi connectivity index (χ2n) is 10.5. The molecule has 2 unspecified atom stereocenters. The molecule has 48 heavy (non-hydrogen) atoms. The van der Waals surface area contributed by atoms with Crippen LogP contribution < -0.4 is 10.6 Å². The predicted octanol–water partition coefficient (Wildman–Crippen LogP) is 8.33. The van der Waals surface area contributed by atoms with E-state index in [4.69, 9.17) is 46.3 Å². The van der Waals surface area contributed by atoms with Crippen molar-refractivity contribution < 1.29 is 19.8 Å². The average Bonchev–Trinajstić information content (AvgIpc) is 3.33. The van der Waals surface area contributed by atoms with Gasteiger partial charge in [0, 0.05) is 53.9 Å². The Bertz CT molecular complexity index is 1750. The summed E-state index contributed by atoms with van der Waals surface area (Å²) in [6, 6.07) is 29.6. The number of aliphatic carboxylic acids is 2. The normalized spacial score (nSPS) is 15.5. The van der Waals surface area contributed by atoms with Crippen molar-refractivity contribution in [2.24, 2.45) is 0 Å². The summed E-state index contributed by atoms with van der Waals surface area (Å²) >= 11 is 15.9. The fourth-order valence-electron chi connectivity index (χ4n) is 5.08. The van der Waals surface area contributed by atoms with E-state index in [9.17, 15) is 9.59 Å². The van der Waals surface area contributed by atoms with E-state index in [-0.39, 0.29) is 12.1 Å². The molecule has 0 spiro atoms. The third-order valence-electron chi connectivity index (χ3n) is 7.20. The molecule has 0 amide bonds. The molecule has 2 aliphatic heterocycles. The van der Waals surface area contributed by atoms with E-state index in [0.29, 0.717) is 25.2 Å². The summed E-state index contributed by atoms with van der Waals surface area (Å²) in [6.45, 7) is 1.12. The lowest BCUT2D eigenvalue weighted by molar-refractivity contribution is -0.134. The first-order chi connectivity index (χ1) is 23.2. The summed E-state index contributed by atoms with van der Waals surface area (Å²) in [5.74, 6) is 2.79. The zero-order valence-electron chi connectivity index (χ0n) is 25.7. The van der Waals surface area contributed by atoms with Gasteiger partial charge in [-0.3, -0.25) is 10.6 Å². The van der Waals surface area contributed by atoms with Crippen LogP contribution in [0, 0.1) is 24.7 Å². The largest absolute Gasteiger partial charge is 0.478 e. The van der Waals surface area contributed by atoms with Gasteiger partial charge in [0.05, 0.1) is 13.1 Å². The maximum atomic E-state index is 9.55. The van der Waals surface area contributed by atoms with Gasteiger partial charge in [-0.1, -0.05) is 95.0 Å². The van der Waals surface area contributed by atoms with E-state index in [1.807, 2.05) is 24.3 Å². The minimum Gasteiger partial charge on any atom is -0.478 e. The molecule has 0 saturated carbocycles. The maximum absolute atomic E-state index is 9.55. The second-order valence-corrected chi connectivity index (χ2v) is 13.5. The van der Waals surface area contributed by atoms with Gasteiger partial charge in [-0.05, 0) is 83.6 Å². The first-order valence-corrected chi connectivity index (χ1v) is 17.2. The van der Waals surface area contributed by atoms with Gasteiger partial charge < -0.3 is 10.2 Å². The van der Waals surface area contributed by atoms with Crippen LogP contribution in [0.4, 0.5) is 0 Å². The summed E-state index contributed by atoms with van der Waals surface area (Å²) < 4.78 is 0. The number of fused-ring (bicyclic) bond motifs is 4. The minimum absolute atomic E-state index is 0.205. The molecule has 10 heteroatoms. The molecular weight excluding hydrogens is 683 g/mol. The SMILES string of the molecule is C#CCNC1Cc2ccccc2Sc2ccc(Cl)cc21.C#CCNC1Cc2ccccc2Sc2ccc(Cl)cc21.O=C(O)/C=C/C(=O)O. The minimum atomic E-state index is -1.26. The van der Waals surface area contributed by atoms with Crippen molar-refractivity contribution in [2.75, 3.05) is 13.1 Å². The summed E-state index contributed by atoms with van der Waals surface area (Å²) in [5.41, 5.74) is 5.15. The number of hydrogen-bond acceptors (Lipinski definition) is 6. The lowest BCUT2D eigenvalue weighted by Gasteiger charge is -2.18. The molecule has 2 heterocycles. The number of carboxylic acids is 2. The molecule has 2 atom stereocenters. The highest BCUT2D eigenvalue weighted by Gasteiger charge is 2.23. The van der Waals surface area contributed by atoms with Gasteiger partial charge >= 0.3 is 11.9 Å². The summed E-state index contributed by atoms with van der Waals surface area (Å²) in [7, 11) is 0. The van der Waals surface area contributed by atoms with Crippen molar-refractivity contribution >= 4 is 58.7 Å². The van der Waals surface area contributed by atoms with Gasteiger partial charge in [0.25, 0.3) is 0 Å². The van der Waals surface area contributed by atoms with Crippen LogP contribution in [0.2, 0.25) is 10.0 Å². The highest BCUT2D eigenvalue weighted by molar-refractivity contribution is 7.99. The van der Waals surface area contributed by atoms with Gasteiger partial charge in [0.2, 0.25) is 0 Å². The fourth-order valence-corrected chi connectivity index (χ4v) is 7.68. The Labute approximate surface area is 299 Å². The molecule has 0 aliphatic carbocycles. The zero-order chi connectivity index (χ0) is 34.5. The quantitative estimate of drug-likeness (QED) is 0.117. The summed E-state index contributed by atoms with van der Waals surface area (Å²) in [5, 5.41) is 24.0. The zero-order valence-corrected chi connectivity index (χ0v) is 28.8. The third kappa shape index (κ3) is 10.7. The molecule has 244 valence electrons. The lowest BCUT2D eigenvalue weighted by atomic mass is 9.99. The molecule has 4 aromatic rings. The van der Waals surface area contributed by atoms with E-state index in [1.54, 1.807) is 23.5 Å². The van der Waals surface area contributed by atoms with E-state index in [1.165, 1.54) is 41.8 Å². The summed E-state index contributed by atoms with van der Waals surface area (Å²) in [6.07, 6.45) is 13.7. The van der Waals surface area contributed by atoms with Crippen molar-refractivity contribution in [3.05, 3.63) is 129 Å². The van der Waals surface area contributed by atoms with Crippen molar-refractivity contribution in [1.82, 2.24) is 10.6 Å². The lowest BCUT2D eigenvalue weighted by Crippen LogP contribution is -2.23. The van der Waals surface area contributed by atoms with Crippen LogP contribution in [0.15, 0.2) is 117 Å². The Morgan fingerprint density at radius 1 is 0.688 bits per heavy atom. The first-order valence-electron chi connectivity index (χ1n) is 14.8. The number of halogens is 2. The Kier molecular flexibility index (Phi) is 14.1. The first kappa shape index (κ1) is 36.7. The number of nitrogens with one attached hydrogen (secondary N) is 2. The molecule has 0 bridgehead atoms. The molecule has 0 saturated heterocycles. The smallest absolute Gasteiger partial charge is 0.328 e. The van der Waals surface area contributed by atoms with Crippen LogP contribution in [-0.2, 0) is 22.4 Å². The van der Waals surface area contributed by atoms with Crippen LogP contribution in [0.25, 0.3) is 0 Å². The van der Waals surface area contributed by atoms with Crippen LogP contribution in [-0.4, -0.2) is 35.2 Å². The van der Waals surface area contributed by atoms with E-state index >= 15 is 0 Å². The van der Waals surface area contributed by atoms with E-state index in [2.05, 4.69) is 83.1 Å². The topological polar surface area (TPSA) is 98.7 Å². The number of carboxylic acid groups (broad SMARTS) is 2. The molecule has 0 radical (unpaired) electrons. The van der Waals surface area contributed by atoms with Gasteiger partial charge in [-0.2, -0.15) is 0 Å². The van der Waals surface area contributed by atoms with Crippen LogP contribution >= 0.6 is 46.7 Å². The monoisotopic (exact) mass is 714 g/mol. The van der Waals surface area contributed by atoms with Gasteiger partial charge in [-0.25, -0.2) is 9.59 Å². The number of hydrogen-bond donors (Lipinski definition) is 4. The average molecular weight is 716 g/mol. The van der Waals surface area contributed by atoms with Crippen LogP contribution in [0.5, 0.6) is 0 Å². The molecule has 0 aromatic heterocycles. The Balaban J connectivity index is 0.000000178. The van der Waals surface area contributed by atoms with Crippen molar-refractivity contribution in [1.29, 1.82) is 0 Å². The molecule has 6 rings (SSSR count). The molecule has 4 N–H and O–H groups in total. The van der Waals surface area contributed by atoms with Gasteiger partial charge in [-0.15, -0.1) is 12.8 Å². The Morgan fingerprint density at radius 3 is 1.46 bits per heavy atom. The number of terminal acetylenes is 2. The number of rotatable bonds is 6. The van der Waals surface area contributed by atoms with E-state index in [0.717, 1.165) is 22.9 Å². The van der Waals surface area contributed by atoms with Crippen molar-refractivity contribution in [3.8, 4) is 24.7 Å². The Morgan fingerprint density at radius 2 is 1.08 bits per heavy atom. The summed E-state index contributed by atoms with van der Waals surface area (Å²) in [4.78, 5) is 24.2.